The van der Waals surface area contributed by atoms with Crippen LogP contribution in [0.4, 0.5) is 0 Å². The van der Waals surface area contributed by atoms with Gasteiger partial charge in [0.15, 0.2) is 0 Å². The molecular formula is C21H20ClNO4S2. The number of benzene rings is 2. The van der Waals surface area contributed by atoms with Crippen molar-refractivity contribution < 1.29 is 19.0 Å². The van der Waals surface area contributed by atoms with Crippen LogP contribution in [0.15, 0.2) is 47.4 Å². The molecule has 29 heavy (non-hydrogen) atoms. The summed E-state index contributed by atoms with van der Waals surface area (Å²) < 4.78 is 17.3. The van der Waals surface area contributed by atoms with Gasteiger partial charge in [-0.15, -0.1) is 0 Å². The van der Waals surface area contributed by atoms with Gasteiger partial charge < -0.3 is 14.2 Å². The number of thiocarbonyl (C=S) groups is 1. The van der Waals surface area contributed by atoms with Crippen LogP contribution in [0.1, 0.15) is 12.5 Å². The Labute approximate surface area is 184 Å². The van der Waals surface area contributed by atoms with Crippen molar-refractivity contribution in [3.05, 3.63) is 58.0 Å². The zero-order valence-corrected chi connectivity index (χ0v) is 18.4. The van der Waals surface area contributed by atoms with Gasteiger partial charge in [-0.2, -0.15) is 0 Å². The third-order valence-corrected chi connectivity index (χ3v) is 5.71. The van der Waals surface area contributed by atoms with Crippen molar-refractivity contribution in [1.82, 2.24) is 4.90 Å². The monoisotopic (exact) mass is 449 g/mol. The molecule has 0 spiro atoms. The predicted octanol–water partition coefficient (Wildman–Crippen LogP) is 5.03. The van der Waals surface area contributed by atoms with Gasteiger partial charge in [0.05, 0.1) is 12.0 Å². The van der Waals surface area contributed by atoms with E-state index in [2.05, 4.69) is 0 Å². The highest BCUT2D eigenvalue weighted by Gasteiger charge is 2.30. The summed E-state index contributed by atoms with van der Waals surface area (Å²) in [4.78, 5) is 14.6. The summed E-state index contributed by atoms with van der Waals surface area (Å²) in [6.45, 7) is 3.12. The molecular weight excluding hydrogens is 430 g/mol. The van der Waals surface area contributed by atoms with Gasteiger partial charge in [-0.1, -0.05) is 41.6 Å². The van der Waals surface area contributed by atoms with Crippen molar-refractivity contribution in [3.8, 4) is 17.2 Å². The quantitative estimate of drug-likeness (QED) is 0.320. The highest BCUT2D eigenvalue weighted by Crippen LogP contribution is 2.34. The topological polar surface area (TPSA) is 48.0 Å². The Morgan fingerprint density at radius 3 is 2.62 bits per heavy atom. The summed E-state index contributed by atoms with van der Waals surface area (Å²) in [7, 11) is 1.61. The van der Waals surface area contributed by atoms with Crippen molar-refractivity contribution in [2.75, 3.05) is 26.9 Å². The molecule has 1 heterocycles. The SMILES string of the molecule is CCN1C(=O)C(=Cc2cc(Cl)ccc2OCCOc2cccc(OC)c2)SC1=S. The normalized spacial score (nSPS) is 15.1. The van der Waals surface area contributed by atoms with E-state index >= 15 is 0 Å². The number of hydrogen-bond donors (Lipinski definition) is 0. The fraction of sp³-hybridized carbons (Fsp3) is 0.238. The number of nitrogens with zero attached hydrogens (tertiary/aromatic N) is 1. The second-order valence-corrected chi connectivity index (χ2v) is 8.10. The molecule has 0 saturated carbocycles. The fourth-order valence-corrected chi connectivity index (χ4v) is 4.24. The smallest absolute Gasteiger partial charge is 0.266 e. The molecule has 0 N–H and O–H groups in total. The maximum Gasteiger partial charge on any atom is 0.266 e. The Bertz CT molecular complexity index is 948. The van der Waals surface area contributed by atoms with Crippen LogP contribution in [0.2, 0.25) is 5.02 Å². The molecule has 0 bridgehead atoms. The molecule has 0 unspecified atom stereocenters. The van der Waals surface area contributed by atoms with Crippen LogP contribution in [0, 0.1) is 0 Å². The Balaban J connectivity index is 1.67. The van der Waals surface area contributed by atoms with E-state index < -0.39 is 0 Å². The summed E-state index contributed by atoms with van der Waals surface area (Å²) in [5.41, 5.74) is 0.718. The van der Waals surface area contributed by atoms with Crippen LogP contribution in [-0.4, -0.2) is 42.0 Å². The first-order chi connectivity index (χ1) is 14.0. The number of carbonyl (C=O) groups excluding carboxylic acids is 1. The number of methoxy groups -OCH3 is 1. The largest absolute Gasteiger partial charge is 0.497 e. The van der Waals surface area contributed by atoms with Gasteiger partial charge in [0.2, 0.25) is 0 Å². The highest BCUT2D eigenvalue weighted by molar-refractivity contribution is 8.26. The van der Waals surface area contributed by atoms with Crippen LogP contribution in [-0.2, 0) is 4.79 Å². The molecule has 1 saturated heterocycles. The maximum absolute atomic E-state index is 12.5. The van der Waals surface area contributed by atoms with E-state index in [0.29, 0.717) is 45.5 Å². The van der Waals surface area contributed by atoms with E-state index in [9.17, 15) is 4.79 Å². The number of halogens is 1. The van der Waals surface area contributed by atoms with Gasteiger partial charge >= 0.3 is 0 Å². The average Bonchev–Trinajstić information content (AvgIpc) is 2.99. The lowest BCUT2D eigenvalue weighted by atomic mass is 10.2. The van der Waals surface area contributed by atoms with Gasteiger partial charge in [0.1, 0.15) is 34.8 Å². The average molecular weight is 450 g/mol. The van der Waals surface area contributed by atoms with Crippen molar-refractivity contribution in [1.29, 1.82) is 0 Å². The molecule has 1 amide bonds. The van der Waals surface area contributed by atoms with Crippen molar-refractivity contribution in [2.24, 2.45) is 0 Å². The van der Waals surface area contributed by atoms with E-state index in [4.69, 9.17) is 38.0 Å². The zero-order chi connectivity index (χ0) is 20.8. The van der Waals surface area contributed by atoms with E-state index in [1.54, 1.807) is 36.3 Å². The zero-order valence-electron chi connectivity index (χ0n) is 16.0. The van der Waals surface area contributed by atoms with Crippen LogP contribution >= 0.6 is 35.6 Å². The molecule has 2 aromatic rings. The van der Waals surface area contributed by atoms with E-state index in [1.807, 2.05) is 31.2 Å². The second-order valence-electron chi connectivity index (χ2n) is 5.98. The number of rotatable bonds is 8. The van der Waals surface area contributed by atoms with E-state index in [0.717, 1.165) is 11.3 Å². The molecule has 1 aliphatic rings. The third kappa shape index (κ3) is 5.44. The van der Waals surface area contributed by atoms with Crippen molar-refractivity contribution >= 4 is 51.9 Å². The standard InChI is InChI=1S/C21H20ClNO4S2/c1-3-23-20(24)19(29-21(23)28)12-14-11-15(22)7-8-18(14)27-10-9-26-17-6-4-5-16(13-17)25-2/h4-8,11-13H,3,9-10H2,1-2H3. The summed E-state index contributed by atoms with van der Waals surface area (Å²) in [5.74, 6) is 1.94. The molecule has 152 valence electrons. The number of ether oxygens (including phenoxy) is 3. The molecule has 2 aromatic carbocycles. The summed E-state index contributed by atoms with van der Waals surface area (Å²) in [6, 6.07) is 12.7. The van der Waals surface area contributed by atoms with Crippen LogP contribution in [0.3, 0.4) is 0 Å². The molecule has 0 aliphatic carbocycles. The van der Waals surface area contributed by atoms with Crippen molar-refractivity contribution in [2.45, 2.75) is 6.92 Å². The van der Waals surface area contributed by atoms with E-state index in [1.165, 1.54) is 11.8 Å². The van der Waals surface area contributed by atoms with E-state index in [-0.39, 0.29) is 5.91 Å². The molecule has 8 heteroatoms. The Hall–Kier alpha value is -2.22. The number of hydrogen-bond acceptors (Lipinski definition) is 6. The molecule has 1 fully saturated rings. The van der Waals surface area contributed by atoms with Crippen LogP contribution < -0.4 is 14.2 Å². The van der Waals surface area contributed by atoms with Gasteiger partial charge in [0.25, 0.3) is 5.91 Å². The molecule has 1 aliphatic heterocycles. The summed E-state index contributed by atoms with van der Waals surface area (Å²) in [6.07, 6.45) is 1.76. The predicted molar refractivity (Wildman–Crippen MR) is 121 cm³/mol. The minimum absolute atomic E-state index is 0.102. The van der Waals surface area contributed by atoms with Crippen LogP contribution in [0.25, 0.3) is 6.08 Å². The molecule has 5 nitrogen and oxygen atoms in total. The number of amides is 1. The first-order valence-corrected chi connectivity index (χ1v) is 10.6. The Morgan fingerprint density at radius 2 is 1.90 bits per heavy atom. The minimum Gasteiger partial charge on any atom is -0.497 e. The number of likely N-dealkylation sites (N-methyl/N-ethyl adjacent to an activating group) is 1. The third-order valence-electron chi connectivity index (χ3n) is 4.10. The van der Waals surface area contributed by atoms with Crippen molar-refractivity contribution in [3.63, 3.8) is 0 Å². The molecule has 0 atom stereocenters. The maximum atomic E-state index is 12.5. The number of thioether (sulfide) groups is 1. The molecule has 0 aromatic heterocycles. The fourth-order valence-electron chi connectivity index (χ4n) is 2.68. The summed E-state index contributed by atoms with van der Waals surface area (Å²) >= 11 is 12.7. The Morgan fingerprint density at radius 1 is 1.14 bits per heavy atom. The lowest BCUT2D eigenvalue weighted by Crippen LogP contribution is -2.27. The lowest BCUT2D eigenvalue weighted by Gasteiger charge is -2.12. The van der Waals surface area contributed by atoms with Gasteiger partial charge in [-0.05, 0) is 43.3 Å². The minimum atomic E-state index is -0.102. The second kappa shape index (κ2) is 10.0. The van der Waals surface area contributed by atoms with Gasteiger partial charge in [-0.25, -0.2) is 0 Å². The van der Waals surface area contributed by atoms with Gasteiger partial charge in [0, 0.05) is 23.2 Å². The number of carbonyl (C=O) groups is 1. The Kier molecular flexibility index (Phi) is 7.41. The van der Waals surface area contributed by atoms with Crippen LogP contribution in [0.5, 0.6) is 17.2 Å². The summed E-state index contributed by atoms with van der Waals surface area (Å²) in [5, 5.41) is 0.558. The highest BCUT2D eigenvalue weighted by atomic mass is 35.5. The molecule has 0 radical (unpaired) electrons. The molecule has 3 rings (SSSR count). The van der Waals surface area contributed by atoms with Gasteiger partial charge in [-0.3, -0.25) is 9.69 Å². The first kappa shape index (κ1) is 21.5. The lowest BCUT2D eigenvalue weighted by molar-refractivity contribution is -0.121. The first-order valence-electron chi connectivity index (χ1n) is 8.96.